The predicted molar refractivity (Wildman–Crippen MR) is 112 cm³/mol. The van der Waals surface area contributed by atoms with E-state index < -0.39 is 11.9 Å². The van der Waals surface area contributed by atoms with E-state index in [9.17, 15) is 0 Å². The molecule has 1 saturated heterocycles. The number of hydrogen-bond acceptors (Lipinski definition) is 4. The van der Waals surface area contributed by atoms with E-state index in [0.717, 1.165) is 5.69 Å². The molecular formula is C24H25NO3. The van der Waals surface area contributed by atoms with Crippen LogP contribution in [-0.4, -0.2) is 18.1 Å². The maximum absolute atomic E-state index is 6.23. The molecule has 2 atom stereocenters. The van der Waals surface area contributed by atoms with E-state index >= 15 is 0 Å². The molecule has 0 aromatic heterocycles. The summed E-state index contributed by atoms with van der Waals surface area (Å²) in [4.78, 5) is 11.1. The summed E-state index contributed by atoms with van der Waals surface area (Å²) in [6.45, 7) is 8.06. The zero-order valence-electron chi connectivity index (χ0n) is 16.7. The normalized spacial score (nSPS) is 22.5. The van der Waals surface area contributed by atoms with Gasteiger partial charge in [-0.15, -0.1) is 0 Å². The van der Waals surface area contributed by atoms with E-state index in [1.54, 1.807) is 0 Å². The van der Waals surface area contributed by atoms with Gasteiger partial charge in [0.25, 0.3) is 0 Å². The van der Waals surface area contributed by atoms with Gasteiger partial charge in [-0.25, -0.2) is 9.78 Å². The van der Waals surface area contributed by atoms with Crippen molar-refractivity contribution in [3.8, 4) is 22.3 Å². The van der Waals surface area contributed by atoms with Crippen LogP contribution in [0.3, 0.4) is 0 Å². The van der Waals surface area contributed by atoms with Gasteiger partial charge in [-0.3, -0.25) is 0 Å². The van der Waals surface area contributed by atoms with Crippen molar-refractivity contribution >= 4 is 16.5 Å². The molecule has 0 amide bonds. The van der Waals surface area contributed by atoms with Crippen LogP contribution in [0.5, 0.6) is 0 Å². The Kier molecular flexibility index (Phi) is 3.98. The molecule has 1 aliphatic heterocycles. The van der Waals surface area contributed by atoms with Crippen molar-refractivity contribution < 1.29 is 14.5 Å². The van der Waals surface area contributed by atoms with Crippen LogP contribution in [0.1, 0.15) is 27.7 Å². The second-order valence-electron chi connectivity index (χ2n) is 8.49. The van der Waals surface area contributed by atoms with Gasteiger partial charge < -0.3 is 10.1 Å². The van der Waals surface area contributed by atoms with Crippen molar-refractivity contribution in [1.82, 2.24) is 0 Å². The van der Waals surface area contributed by atoms with Crippen LogP contribution in [0, 0.1) is 5.92 Å². The maximum Gasteiger partial charge on any atom is 0.196 e. The monoisotopic (exact) mass is 375 g/mol. The van der Waals surface area contributed by atoms with E-state index in [0.29, 0.717) is 0 Å². The summed E-state index contributed by atoms with van der Waals surface area (Å²) in [5.41, 5.74) is 5.48. The molecule has 1 fully saturated rings. The zero-order valence-corrected chi connectivity index (χ0v) is 16.7. The first kappa shape index (κ1) is 17.7. The van der Waals surface area contributed by atoms with Crippen LogP contribution in [0.15, 0.2) is 54.6 Å². The third-order valence-electron chi connectivity index (χ3n) is 5.62. The van der Waals surface area contributed by atoms with Gasteiger partial charge in [0.2, 0.25) is 0 Å². The molecule has 3 aromatic carbocycles. The molecule has 2 aliphatic rings. The molecule has 5 rings (SSSR count). The third kappa shape index (κ3) is 2.64. The van der Waals surface area contributed by atoms with Crippen LogP contribution in [-0.2, 0) is 14.5 Å². The Hall–Kier alpha value is -2.40. The van der Waals surface area contributed by atoms with E-state index in [2.05, 4.69) is 73.8 Å². The van der Waals surface area contributed by atoms with Crippen LogP contribution in [0.2, 0.25) is 0 Å². The number of ether oxygens (including phenoxy) is 1. The van der Waals surface area contributed by atoms with Gasteiger partial charge in [-0.2, -0.15) is 0 Å². The Morgan fingerprint density at radius 1 is 0.893 bits per heavy atom. The largest absolute Gasteiger partial charge is 0.357 e. The van der Waals surface area contributed by atoms with Crippen molar-refractivity contribution in [2.45, 2.75) is 45.8 Å². The molecule has 3 aromatic rings. The van der Waals surface area contributed by atoms with Gasteiger partial charge in [-0.05, 0) is 47.4 Å². The highest BCUT2D eigenvalue weighted by molar-refractivity contribution is 6.18. The summed E-state index contributed by atoms with van der Waals surface area (Å²) in [5, 5.41) is 6.15. The molecule has 28 heavy (non-hydrogen) atoms. The molecule has 0 saturated carbocycles. The highest BCUT2D eigenvalue weighted by Gasteiger charge is 2.42. The molecular weight excluding hydrogens is 350 g/mol. The molecule has 1 aliphatic carbocycles. The average Bonchev–Trinajstić information content (AvgIpc) is 3.02. The van der Waals surface area contributed by atoms with Gasteiger partial charge in [-0.1, -0.05) is 62.4 Å². The standard InChI is InChI=1S/C24H25NO3/c1-14(2)22-26-23(24(3,4)28-27-22)25-19-13-12-15-8-7-11-17-16-9-5-6-10-18(16)21(19)20(15)17/h5-14,22-23,25H,1-4H3. The first-order valence-electron chi connectivity index (χ1n) is 9.88. The molecule has 4 heteroatoms. The Morgan fingerprint density at radius 3 is 2.43 bits per heavy atom. The number of fused-ring (bicyclic) bond motifs is 3. The average molecular weight is 375 g/mol. The summed E-state index contributed by atoms with van der Waals surface area (Å²) in [6.07, 6.45) is -0.732. The SMILES string of the molecule is CC(C)C1OOC(C)(C)C(Nc2ccc3cccc4c3c2-c2ccccc2-4)O1. The Balaban J connectivity index is 1.61. The quantitative estimate of drug-likeness (QED) is 0.448. The topological polar surface area (TPSA) is 39.7 Å². The van der Waals surface area contributed by atoms with Crippen molar-refractivity contribution in [2.75, 3.05) is 5.32 Å². The third-order valence-corrected chi connectivity index (χ3v) is 5.62. The minimum Gasteiger partial charge on any atom is -0.357 e. The molecule has 0 radical (unpaired) electrons. The first-order chi connectivity index (χ1) is 13.5. The lowest BCUT2D eigenvalue weighted by molar-refractivity contribution is -0.485. The van der Waals surface area contributed by atoms with Gasteiger partial charge in [0.15, 0.2) is 12.5 Å². The molecule has 1 heterocycles. The maximum atomic E-state index is 6.23. The van der Waals surface area contributed by atoms with Crippen molar-refractivity contribution in [3.05, 3.63) is 54.6 Å². The van der Waals surface area contributed by atoms with Crippen LogP contribution in [0.25, 0.3) is 33.0 Å². The molecule has 0 spiro atoms. The van der Waals surface area contributed by atoms with Gasteiger partial charge in [0.05, 0.1) is 0 Å². The first-order valence-corrected chi connectivity index (χ1v) is 9.88. The van der Waals surface area contributed by atoms with E-state index in [1.807, 2.05) is 13.8 Å². The zero-order chi connectivity index (χ0) is 19.5. The summed E-state index contributed by atoms with van der Waals surface area (Å²) in [7, 11) is 0. The molecule has 0 bridgehead atoms. The summed E-state index contributed by atoms with van der Waals surface area (Å²) in [5.74, 6) is 0.194. The summed E-state index contributed by atoms with van der Waals surface area (Å²) < 4.78 is 6.23. The predicted octanol–water partition coefficient (Wildman–Crippen LogP) is 5.96. The lowest BCUT2D eigenvalue weighted by atomic mass is 10.00. The minimum absolute atomic E-state index is 0.194. The fourth-order valence-electron chi connectivity index (χ4n) is 4.09. The lowest BCUT2D eigenvalue weighted by Crippen LogP contribution is -2.54. The van der Waals surface area contributed by atoms with Crippen molar-refractivity contribution in [1.29, 1.82) is 0 Å². The van der Waals surface area contributed by atoms with Crippen LogP contribution >= 0.6 is 0 Å². The number of benzene rings is 3. The highest BCUT2D eigenvalue weighted by Crippen LogP contribution is 2.50. The highest BCUT2D eigenvalue weighted by atomic mass is 17.2. The van der Waals surface area contributed by atoms with E-state index in [1.165, 1.54) is 33.0 Å². The minimum atomic E-state index is -0.620. The molecule has 2 unspecified atom stereocenters. The van der Waals surface area contributed by atoms with E-state index in [4.69, 9.17) is 14.5 Å². The molecule has 4 nitrogen and oxygen atoms in total. The van der Waals surface area contributed by atoms with Gasteiger partial charge in [0.1, 0.15) is 5.60 Å². The Labute approximate surface area is 165 Å². The Bertz CT molecular complexity index is 1060. The number of rotatable bonds is 3. The second-order valence-corrected chi connectivity index (χ2v) is 8.49. The van der Waals surface area contributed by atoms with Crippen LogP contribution < -0.4 is 5.32 Å². The summed E-state index contributed by atoms with van der Waals surface area (Å²) >= 11 is 0. The number of nitrogens with one attached hydrogen (secondary N) is 1. The lowest BCUT2D eigenvalue weighted by Gasteiger charge is -2.42. The van der Waals surface area contributed by atoms with Crippen molar-refractivity contribution in [3.63, 3.8) is 0 Å². The molecule has 144 valence electrons. The fraction of sp³-hybridized carbons (Fsp3) is 0.333. The van der Waals surface area contributed by atoms with E-state index in [-0.39, 0.29) is 12.1 Å². The van der Waals surface area contributed by atoms with Gasteiger partial charge in [0, 0.05) is 17.2 Å². The fourth-order valence-corrected chi connectivity index (χ4v) is 4.09. The number of anilines is 1. The van der Waals surface area contributed by atoms with Crippen molar-refractivity contribution in [2.24, 2.45) is 5.92 Å². The second kappa shape index (κ2) is 6.31. The molecule has 1 N–H and O–H groups in total. The number of hydrogen-bond donors (Lipinski definition) is 1. The Morgan fingerprint density at radius 2 is 1.64 bits per heavy atom. The summed E-state index contributed by atoms with van der Waals surface area (Å²) in [6, 6.07) is 19.4. The van der Waals surface area contributed by atoms with Gasteiger partial charge >= 0.3 is 0 Å². The smallest absolute Gasteiger partial charge is 0.196 e. The van der Waals surface area contributed by atoms with Crippen LogP contribution in [0.4, 0.5) is 5.69 Å².